The van der Waals surface area contributed by atoms with Crippen LogP contribution in [0.2, 0.25) is 0 Å². The first-order chi connectivity index (χ1) is 11.6. The number of nitrogens with zero attached hydrogens (tertiary/aromatic N) is 1. The zero-order valence-electron chi connectivity index (χ0n) is 13.3. The second kappa shape index (κ2) is 7.83. The number of carbonyl (C=O) groups is 1. The van der Waals surface area contributed by atoms with Crippen LogP contribution in [0.25, 0.3) is 0 Å². The van der Waals surface area contributed by atoms with Gasteiger partial charge in [-0.25, -0.2) is 9.37 Å². The number of nitrogens with one attached hydrogen (secondary N) is 1. The predicted octanol–water partition coefficient (Wildman–Crippen LogP) is 2.69. The van der Waals surface area contributed by atoms with Crippen LogP contribution in [0.3, 0.4) is 0 Å². The molecule has 5 nitrogen and oxygen atoms in total. The summed E-state index contributed by atoms with van der Waals surface area (Å²) in [7, 11) is 0. The minimum Gasteiger partial charge on any atom is -0.379 e. The van der Waals surface area contributed by atoms with Crippen LogP contribution in [0.5, 0.6) is 0 Å². The second-order valence-corrected chi connectivity index (χ2v) is 6.46. The van der Waals surface area contributed by atoms with Crippen LogP contribution in [0, 0.1) is 12.7 Å². The van der Waals surface area contributed by atoms with Crippen molar-refractivity contribution in [1.82, 2.24) is 10.3 Å². The maximum absolute atomic E-state index is 13.3. The minimum atomic E-state index is -0.318. The smallest absolute Gasteiger partial charge is 0.251 e. The minimum absolute atomic E-state index is 0.143. The highest BCUT2D eigenvalue weighted by molar-refractivity contribution is 7.07. The molecule has 3 rings (SSSR count). The quantitative estimate of drug-likeness (QED) is 0.901. The first kappa shape index (κ1) is 17.0. The normalized spacial score (nSPS) is 20.8. The lowest BCUT2D eigenvalue weighted by Gasteiger charge is -2.32. The third-order valence-corrected chi connectivity index (χ3v) is 4.60. The number of halogens is 1. The Morgan fingerprint density at radius 2 is 2.42 bits per heavy atom. The molecule has 1 amide bonds. The molecule has 1 N–H and O–H groups in total. The van der Waals surface area contributed by atoms with E-state index in [0.717, 1.165) is 5.69 Å². The zero-order valence-corrected chi connectivity index (χ0v) is 14.1. The van der Waals surface area contributed by atoms with Crippen molar-refractivity contribution in [3.05, 3.63) is 51.7 Å². The van der Waals surface area contributed by atoms with Crippen molar-refractivity contribution in [2.75, 3.05) is 13.2 Å². The van der Waals surface area contributed by atoms with Crippen LogP contribution in [0.15, 0.2) is 29.1 Å². The van der Waals surface area contributed by atoms with Gasteiger partial charge < -0.3 is 14.8 Å². The summed E-state index contributed by atoms with van der Waals surface area (Å²) in [5, 5.41) is 4.91. The van der Waals surface area contributed by atoms with Crippen LogP contribution < -0.4 is 5.32 Å². The molecule has 1 aliphatic heterocycles. The molecule has 1 aliphatic rings. The highest BCUT2D eigenvalue weighted by Gasteiger charge is 2.28. The summed E-state index contributed by atoms with van der Waals surface area (Å²) in [6.07, 6.45) is 0.444. The fourth-order valence-corrected chi connectivity index (χ4v) is 3.12. The van der Waals surface area contributed by atoms with Gasteiger partial charge in [0, 0.05) is 17.6 Å². The molecule has 2 unspecified atom stereocenters. The number of carbonyl (C=O) groups excluding carboxylic acids is 1. The molecule has 1 aromatic carbocycles. The molecule has 2 aromatic rings. The van der Waals surface area contributed by atoms with E-state index in [2.05, 4.69) is 10.3 Å². The number of aromatic nitrogens is 1. The molecular weight excluding hydrogens is 331 g/mol. The first-order valence-electron chi connectivity index (χ1n) is 7.77. The molecule has 128 valence electrons. The van der Waals surface area contributed by atoms with Crippen molar-refractivity contribution in [1.29, 1.82) is 0 Å². The number of aryl methyl sites for hydroxylation is 1. The summed E-state index contributed by atoms with van der Waals surface area (Å²) in [6.45, 7) is 3.03. The van der Waals surface area contributed by atoms with Crippen LogP contribution in [-0.4, -0.2) is 36.3 Å². The Labute approximate surface area is 143 Å². The third kappa shape index (κ3) is 4.17. The molecule has 1 saturated heterocycles. The van der Waals surface area contributed by atoms with E-state index in [1.807, 2.05) is 5.38 Å². The van der Waals surface area contributed by atoms with E-state index in [9.17, 15) is 9.18 Å². The SMILES string of the molecule is Cc1cc(C(=O)NC2CCOCC2OCc2cscn2)ccc1F. The van der Waals surface area contributed by atoms with Crippen molar-refractivity contribution < 1.29 is 18.7 Å². The van der Waals surface area contributed by atoms with Crippen molar-refractivity contribution in [2.24, 2.45) is 0 Å². The number of ether oxygens (including phenoxy) is 2. The van der Waals surface area contributed by atoms with E-state index in [4.69, 9.17) is 9.47 Å². The lowest BCUT2D eigenvalue weighted by Crippen LogP contribution is -2.50. The van der Waals surface area contributed by atoms with Crippen LogP contribution in [0.1, 0.15) is 28.0 Å². The van der Waals surface area contributed by atoms with Gasteiger partial charge in [0.25, 0.3) is 5.91 Å². The maximum Gasteiger partial charge on any atom is 0.251 e. The molecule has 0 saturated carbocycles. The average Bonchev–Trinajstić information content (AvgIpc) is 3.10. The van der Waals surface area contributed by atoms with Crippen LogP contribution >= 0.6 is 11.3 Å². The molecule has 0 bridgehead atoms. The Bertz CT molecular complexity index is 693. The fourth-order valence-electron chi connectivity index (χ4n) is 2.58. The van der Waals surface area contributed by atoms with E-state index in [1.165, 1.54) is 23.5 Å². The standard InChI is InChI=1S/C17H19FN2O3S/c1-11-6-12(2-3-14(11)18)17(21)20-15-4-5-22-8-16(15)23-7-13-9-24-10-19-13/h2-3,6,9-10,15-16H,4-5,7-8H2,1H3,(H,20,21). The van der Waals surface area contributed by atoms with Crippen molar-refractivity contribution in [3.8, 4) is 0 Å². The van der Waals surface area contributed by atoms with Crippen molar-refractivity contribution in [3.63, 3.8) is 0 Å². The number of amides is 1. The van der Waals surface area contributed by atoms with E-state index in [0.29, 0.717) is 37.4 Å². The average molecular weight is 350 g/mol. The van der Waals surface area contributed by atoms with Gasteiger partial charge in [0.05, 0.1) is 30.5 Å². The molecule has 2 heterocycles. The molecule has 2 atom stereocenters. The van der Waals surface area contributed by atoms with Gasteiger partial charge in [-0.2, -0.15) is 0 Å². The second-order valence-electron chi connectivity index (χ2n) is 5.74. The Balaban J connectivity index is 1.62. The molecule has 1 fully saturated rings. The van der Waals surface area contributed by atoms with E-state index >= 15 is 0 Å². The first-order valence-corrected chi connectivity index (χ1v) is 8.71. The molecule has 0 aliphatic carbocycles. The number of hydrogen-bond acceptors (Lipinski definition) is 5. The van der Waals surface area contributed by atoms with Gasteiger partial charge in [-0.15, -0.1) is 11.3 Å². The van der Waals surface area contributed by atoms with Crippen LogP contribution in [0.4, 0.5) is 4.39 Å². The molecule has 1 aromatic heterocycles. The summed E-state index contributed by atoms with van der Waals surface area (Å²) in [5.41, 5.74) is 3.51. The monoisotopic (exact) mass is 350 g/mol. The van der Waals surface area contributed by atoms with Crippen molar-refractivity contribution >= 4 is 17.2 Å². The van der Waals surface area contributed by atoms with Crippen molar-refractivity contribution in [2.45, 2.75) is 32.1 Å². The van der Waals surface area contributed by atoms with Gasteiger partial charge in [0.2, 0.25) is 0 Å². The molecule has 0 spiro atoms. The van der Waals surface area contributed by atoms with E-state index in [1.54, 1.807) is 18.5 Å². The Kier molecular flexibility index (Phi) is 5.55. The third-order valence-electron chi connectivity index (χ3n) is 3.97. The van der Waals surface area contributed by atoms with Crippen LogP contribution in [-0.2, 0) is 16.1 Å². The number of benzene rings is 1. The van der Waals surface area contributed by atoms with Gasteiger partial charge in [-0.1, -0.05) is 0 Å². The molecule has 0 radical (unpaired) electrons. The highest BCUT2D eigenvalue weighted by Crippen LogP contribution is 2.16. The lowest BCUT2D eigenvalue weighted by atomic mass is 10.0. The fraction of sp³-hybridized carbons (Fsp3) is 0.412. The maximum atomic E-state index is 13.3. The number of hydrogen-bond donors (Lipinski definition) is 1. The van der Waals surface area contributed by atoms with E-state index < -0.39 is 0 Å². The zero-order chi connectivity index (χ0) is 16.9. The Hall–Kier alpha value is -1.83. The molecular formula is C17H19FN2O3S. The van der Waals surface area contributed by atoms with E-state index in [-0.39, 0.29) is 23.9 Å². The topological polar surface area (TPSA) is 60.5 Å². The summed E-state index contributed by atoms with van der Waals surface area (Å²) < 4.78 is 24.7. The summed E-state index contributed by atoms with van der Waals surface area (Å²) >= 11 is 1.51. The van der Waals surface area contributed by atoms with Gasteiger partial charge in [0.15, 0.2) is 0 Å². The molecule has 7 heteroatoms. The Morgan fingerprint density at radius 3 is 3.17 bits per heavy atom. The van der Waals surface area contributed by atoms with Gasteiger partial charge in [-0.05, 0) is 37.1 Å². The summed E-state index contributed by atoms with van der Waals surface area (Å²) in [4.78, 5) is 16.6. The summed E-state index contributed by atoms with van der Waals surface area (Å²) in [6, 6.07) is 4.21. The number of rotatable bonds is 5. The number of thiazole rings is 1. The predicted molar refractivity (Wildman–Crippen MR) is 88.5 cm³/mol. The Morgan fingerprint density at radius 1 is 1.54 bits per heavy atom. The van der Waals surface area contributed by atoms with Gasteiger partial charge >= 0.3 is 0 Å². The summed E-state index contributed by atoms with van der Waals surface area (Å²) in [5.74, 6) is -0.547. The van der Waals surface area contributed by atoms with Gasteiger partial charge in [0.1, 0.15) is 11.9 Å². The lowest BCUT2D eigenvalue weighted by molar-refractivity contribution is -0.0742. The largest absolute Gasteiger partial charge is 0.379 e. The highest BCUT2D eigenvalue weighted by atomic mass is 32.1. The van der Waals surface area contributed by atoms with Gasteiger partial charge in [-0.3, -0.25) is 4.79 Å². The molecule has 24 heavy (non-hydrogen) atoms.